The number of rotatable bonds is 6. The van der Waals surface area contributed by atoms with Crippen LogP contribution in [0.25, 0.3) is 0 Å². The minimum atomic E-state index is -0.477. The van der Waals surface area contributed by atoms with E-state index < -0.39 is 6.10 Å². The third kappa shape index (κ3) is 3.67. The van der Waals surface area contributed by atoms with Crippen molar-refractivity contribution in [3.05, 3.63) is 0 Å². The maximum Gasteiger partial charge on any atom is 0.253 e. The molecule has 0 aromatic rings. The molecule has 0 bridgehead atoms. The van der Waals surface area contributed by atoms with Crippen molar-refractivity contribution in [2.45, 2.75) is 38.8 Å². The van der Waals surface area contributed by atoms with Crippen LogP contribution in [0.5, 0.6) is 0 Å². The van der Waals surface area contributed by atoms with E-state index in [0.717, 1.165) is 39.0 Å². The van der Waals surface area contributed by atoms with Crippen molar-refractivity contribution in [1.82, 2.24) is 9.80 Å². The topological polar surface area (TPSA) is 58.8 Å². The van der Waals surface area contributed by atoms with E-state index in [9.17, 15) is 4.79 Å². The quantitative estimate of drug-likeness (QED) is 0.743. The average Bonchev–Trinajstić information content (AvgIpc) is 2.42. The largest absolute Gasteiger partial charge is 0.370 e. The molecule has 1 atom stereocenters. The van der Waals surface area contributed by atoms with E-state index in [2.05, 4.69) is 18.7 Å². The second-order valence-corrected chi connectivity index (χ2v) is 4.74. The molecule has 1 aliphatic heterocycles. The molecule has 1 fully saturated rings. The van der Waals surface area contributed by atoms with Gasteiger partial charge in [0, 0.05) is 32.8 Å². The monoisotopic (exact) mass is 257 g/mol. The predicted octanol–water partition coefficient (Wildman–Crippen LogP) is 0.293. The van der Waals surface area contributed by atoms with Gasteiger partial charge in [-0.05, 0) is 25.9 Å². The Morgan fingerprint density at radius 2 is 1.94 bits per heavy atom. The summed E-state index contributed by atoms with van der Waals surface area (Å²) in [4.78, 5) is 16.4. The smallest absolute Gasteiger partial charge is 0.253 e. The number of carbonyl (C=O) groups is 1. The van der Waals surface area contributed by atoms with Crippen molar-refractivity contribution in [3.8, 4) is 0 Å². The molecular formula is C13H27N3O2. The summed E-state index contributed by atoms with van der Waals surface area (Å²) in [5.41, 5.74) is 5.53. The van der Waals surface area contributed by atoms with Crippen LogP contribution in [-0.2, 0) is 9.53 Å². The standard InChI is InChI=1S/C13H27N3O2/c1-4-15(5-2)11-6-8-16(9-7-11)13(17)12(10-14)18-3/h11-12H,4-10,14H2,1-3H3. The van der Waals surface area contributed by atoms with Gasteiger partial charge in [-0.15, -0.1) is 0 Å². The third-order valence-electron chi connectivity index (χ3n) is 3.88. The summed E-state index contributed by atoms with van der Waals surface area (Å²) in [6, 6.07) is 0.614. The third-order valence-corrected chi connectivity index (χ3v) is 3.88. The number of nitrogens with two attached hydrogens (primary N) is 1. The molecule has 1 aliphatic rings. The van der Waals surface area contributed by atoms with Gasteiger partial charge in [0.1, 0.15) is 6.10 Å². The average molecular weight is 257 g/mol. The van der Waals surface area contributed by atoms with Crippen LogP contribution < -0.4 is 5.73 Å². The Balaban J connectivity index is 2.45. The van der Waals surface area contributed by atoms with Crippen molar-refractivity contribution >= 4 is 5.91 Å². The van der Waals surface area contributed by atoms with Gasteiger partial charge in [0.2, 0.25) is 0 Å². The van der Waals surface area contributed by atoms with E-state index >= 15 is 0 Å². The minimum Gasteiger partial charge on any atom is -0.370 e. The SMILES string of the molecule is CCN(CC)C1CCN(C(=O)C(CN)OC)CC1. The van der Waals surface area contributed by atoms with Gasteiger partial charge in [-0.2, -0.15) is 0 Å². The molecule has 0 aromatic heterocycles. The first-order valence-electron chi connectivity index (χ1n) is 6.93. The second kappa shape index (κ2) is 7.71. The van der Waals surface area contributed by atoms with Crippen LogP contribution >= 0.6 is 0 Å². The summed E-state index contributed by atoms with van der Waals surface area (Å²) in [6.07, 6.45) is 1.62. The molecule has 0 spiro atoms. The summed E-state index contributed by atoms with van der Waals surface area (Å²) in [5.74, 6) is 0.0398. The molecular weight excluding hydrogens is 230 g/mol. The molecule has 18 heavy (non-hydrogen) atoms. The molecule has 5 heteroatoms. The van der Waals surface area contributed by atoms with E-state index in [1.807, 2.05) is 4.90 Å². The van der Waals surface area contributed by atoms with Crippen molar-refractivity contribution in [2.75, 3.05) is 39.8 Å². The molecule has 2 N–H and O–H groups in total. The van der Waals surface area contributed by atoms with Gasteiger partial charge in [-0.3, -0.25) is 4.79 Å². The minimum absolute atomic E-state index is 0.0398. The highest BCUT2D eigenvalue weighted by atomic mass is 16.5. The normalized spacial score (nSPS) is 19.3. The van der Waals surface area contributed by atoms with Gasteiger partial charge < -0.3 is 20.3 Å². The number of ether oxygens (including phenoxy) is 1. The molecule has 0 aromatic carbocycles. The molecule has 106 valence electrons. The number of amides is 1. The van der Waals surface area contributed by atoms with Crippen LogP contribution in [0.15, 0.2) is 0 Å². The number of piperidine rings is 1. The molecule has 1 rings (SSSR count). The van der Waals surface area contributed by atoms with Crippen molar-refractivity contribution in [2.24, 2.45) is 5.73 Å². The number of nitrogens with zero attached hydrogens (tertiary/aromatic N) is 2. The molecule has 1 saturated heterocycles. The van der Waals surface area contributed by atoms with Crippen LogP contribution in [0, 0.1) is 0 Å². The first-order valence-corrected chi connectivity index (χ1v) is 6.93. The van der Waals surface area contributed by atoms with Crippen LogP contribution in [0.3, 0.4) is 0 Å². The van der Waals surface area contributed by atoms with E-state index in [4.69, 9.17) is 10.5 Å². The highest BCUT2D eigenvalue weighted by Gasteiger charge is 2.28. The lowest BCUT2D eigenvalue weighted by Gasteiger charge is -2.38. The van der Waals surface area contributed by atoms with Crippen molar-refractivity contribution in [1.29, 1.82) is 0 Å². The van der Waals surface area contributed by atoms with Gasteiger partial charge in [-0.1, -0.05) is 13.8 Å². The Bertz CT molecular complexity index is 245. The van der Waals surface area contributed by atoms with Crippen molar-refractivity contribution in [3.63, 3.8) is 0 Å². The maximum atomic E-state index is 12.1. The fraction of sp³-hybridized carbons (Fsp3) is 0.923. The Hall–Kier alpha value is -0.650. The molecule has 0 radical (unpaired) electrons. The highest BCUT2D eigenvalue weighted by Crippen LogP contribution is 2.17. The van der Waals surface area contributed by atoms with Crippen LogP contribution in [0.4, 0.5) is 0 Å². The lowest BCUT2D eigenvalue weighted by atomic mass is 10.0. The Kier molecular flexibility index (Phi) is 6.60. The summed E-state index contributed by atoms with van der Waals surface area (Å²) >= 11 is 0. The zero-order chi connectivity index (χ0) is 13.5. The molecule has 5 nitrogen and oxygen atoms in total. The van der Waals surface area contributed by atoms with Gasteiger partial charge in [0.05, 0.1) is 0 Å². The van der Waals surface area contributed by atoms with Crippen LogP contribution in [0.1, 0.15) is 26.7 Å². The Morgan fingerprint density at radius 3 is 2.33 bits per heavy atom. The van der Waals surface area contributed by atoms with E-state index in [1.165, 1.54) is 7.11 Å². The lowest BCUT2D eigenvalue weighted by Crippen LogP contribution is -2.50. The zero-order valence-electron chi connectivity index (χ0n) is 11.9. The summed E-state index contributed by atoms with van der Waals surface area (Å²) in [7, 11) is 1.54. The molecule has 1 amide bonds. The van der Waals surface area contributed by atoms with Gasteiger partial charge in [0.25, 0.3) is 5.91 Å². The van der Waals surface area contributed by atoms with Crippen LogP contribution in [0.2, 0.25) is 0 Å². The first kappa shape index (κ1) is 15.4. The summed E-state index contributed by atoms with van der Waals surface area (Å²) < 4.78 is 5.10. The molecule has 1 unspecified atom stereocenters. The van der Waals surface area contributed by atoms with E-state index in [1.54, 1.807) is 0 Å². The Labute approximate surface area is 110 Å². The lowest BCUT2D eigenvalue weighted by molar-refractivity contribution is -0.142. The predicted molar refractivity (Wildman–Crippen MR) is 72.4 cm³/mol. The fourth-order valence-electron chi connectivity index (χ4n) is 2.69. The number of methoxy groups -OCH3 is 1. The van der Waals surface area contributed by atoms with Gasteiger partial charge in [-0.25, -0.2) is 0 Å². The fourth-order valence-corrected chi connectivity index (χ4v) is 2.69. The zero-order valence-corrected chi connectivity index (χ0v) is 11.9. The number of hydrogen-bond acceptors (Lipinski definition) is 4. The van der Waals surface area contributed by atoms with Gasteiger partial charge in [0.15, 0.2) is 0 Å². The maximum absolute atomic E-state index is 12.1. The van der Waals surface area contributed by atoms with Crippen LogP contribution in [-0.4, -0.2) is 67.7 Å². The van der Waals surface area contributed by atoms with Crippen molar-refractivity contribution < 1.29 is 9.53 Å². The Morgan fingerprint density at radius 1 is 1.39 bits per heavy atom. The number of likely N-dealkylation sites (tertiary alicyclic amines) is 1. The van der Waals surface area contributed by atoms with Gasteiger partial charge >= 0.3 is 0 Å². The number of carbonyl (C=O) groups excluding carboxylic acids is 1. The number of hydrogen-bond donors (Lipinski definition) is 1. The molecule has 1 heterocycles. The van der Waals surface area contributed by atoms with E-state index in [-0.39, 0.29) is 12.5 Å². The molecule has 0 saturated carbocycles. The summed E-state index contributed by atoms with van der Waals surface area (Å²) in [5, 5.41) is 0. The first-order chi connectivity index (χ1) is 8.67. The van der Waals surface area contributed by atoms with E-state index in [0.29, 0.717) is 6.04 Å². The molecule has 0 aliphatic carbocycles. The summed E-state index contributed by atoms with van der Waals surface area (Å²) in [6.45, 7) is 8.44. The highest BCUT2D eigenvalue weighted by molar-refractivity contribution is 5.81. The second-order valence-electron chi connectivity index (χ2n) is 4.74.